The number of aliphatic imine (C=N–C) groups is 1. The highest BCUT2D eigenvalue weighted by molar-refractivity contribution is 5.78. The van der Waals surface area contributed by atoms with E-state index in [-0.39, 0.29) is 0 Å². The van der Waals surface area contributed by atoms with Gasteiger partial charge in [-0.1, -0.05) is 6.92 Å². The highest BCUT2D eigenvalue weighted by atomic mass is 15.3. The van der Waals surface area contributed by atoms with E-state index in [0.717, 1.165) is 12.5 Å². The van der Waals surface area contributed by atoms with Crippen molar-refractivity contribution in [2.45, 2.75) is 38.6 Å². The Kier molecular flexibility index (Phi) is 4.26. The van der Waals surface area contributed by atoms with E-state index in [2.05, 4.69) is 28.8 Å². The minimum absolute atomic E-state index is 0.666. The van der Waals surface area contributed by atoms with Crippen LogP contribution in [0.3, 0.4) is 0 Å². The van der Waals surface area contributed by atoms with Crippen LogP contribution in [0.5, 0.6) is 0 Å². The summed E-state index contributed by atoms with van der Waals surface area (Å²) in [5.41, 5.74) is 5.99. The molecule has 1 atom stereocenters. The number of nitrogens with two attached hydrogens (primary N) is 1. The standard InChI is InChI=1S/C13H26N4/c1-3-7-17-8-6-11(10-17)9-15-13(14)16(2)12-4-5-12/h11-12H,3-10H2,1-2H3,(H2,14,15). The summed E-state index contributed by atoms with van der Waals surface area (Å²) in [6.45, 7) is 6.83. The molecule has 2 aliphatic rings. The Balaban J connectivity index is 1.72. The van der Waals surface area contributed by atoms with Gasteiger partial charge in [-0.05, 0) is 44.7 Å². The van der Waals surface area contributed by atoms with E-state index < -0.39 is 0 Å². The first-order valence-corrected chi connectivity index (χ1v) is 6.95. The van der Waals surface area contributed by atoms with Gasteiger partial charge < -0.3 is 15.5 Å². The number of nitrogens with zero attached hydrogens (tertiary/aromatic N) is 3. The van der Waals surface area contributed by atoms with Crippen LogP contribution in [0.15, 0.2) is 4.99 Å². The molecule has 0 amide bonds. The molecule has 0 aromatic heterocycles. The number of hydrogen-bond donors (Lipinski definition) is 1. The van der Waals surface area contributed by atoms with Crippen molar-refractivity contribution in [2.75, 3.05) is 33.2 Å². The van der Waals surface area contributed by atoms with E-state index in [0.29, 0.717) is 12.0 Å². The van der Waals surface area contributed by atoms with E-state index in [9.17, 15) is 0 Å². The molecule has 2 N–H and O–H groups in total. The third kappa shape index (κ3) is 3.60. The van der Waals surface area contributed by atoms with Gasteiger partial charge in [0.15, 0.2) is 5.96 Å². The van der Waals surface area contributed by atoms with Crippen molar-refractivity contribution in [1.29, 1.82) is 0 Å². The molecule has 0 radical (unpaired) electrons. The highest BCUT2D eigenvalue weighted by Crippen LogP contribution is 2.25. The molecule has 2 rings (SSSR count). The largest absolute Gasteiger partial charge is 0.370 e. The molecule has 98 valence electrons. The van der Waals surface area contributed by atoms with Crippen molar-refractivity contribution >= 4 is 5.96 Å². The van der Waals surface area contributed by atoms with E-state index in [4.69, 9.17) is 5.73 Å². The molecule has 1 saturated carbocycles. The van der Waals surface area contributed by atoms with Gasteiger partial charge in [-0.2, -0.15) is 0 Å². The summed E-state index contributed by atoms with van der Waals surface area (Å²) in [6.07, 6.45) is 5.09. The molecule has 0 bridgehead atoms. The SMILES string of the molecule is CCCN1CCC(CN=C(N)N(C)C2CC2)C1. The summed E-state index contributed by atoms with van der Waals surface area (Å²) in [6, 6.07) is 0.666. The minimum atomic E-state index is 0.666. The van der Waals surface area contributed by atoms with Crippen molar-refractivity contribution in [1.82, 2.24) is 9.80 Å². The van der Waals surface area contributed by atoms with Crippen molar-refractivity contribution in [2.24, 2.45) is 16.6 Å². The van der Waals surface area contributed by atoms with Gasteiger partial charge in [0.05, 0.1) is 0 Å². The monoisotopic (exact) mass is 238 g/mol. The molecule has 4 nitrogen and oxygen atoms in total. The van der Waals surface area contributed by atoms with E-state index in [1.165, 1.54) is 45.3 Å². The Morgan fingerprint density at radius 3 is 2.82 bits per heavy atom. The molecule has 1 aliphatic heterocycles. The van der Waals surface area contributed by atoms with Crippen LogP contribution >= 0.6 is 0 Å². The maximum atomic E-state index is 5.99. The van der Waals surface area contributed by atoms with Gasteiger partial charge in [-0.3, -0.25) is 4.99 Å². The molecule has 1 unspecified atom stereocenters. The molecule has 2 fully saturated rings. The lowest BCUT2D eigenvalue weighted by Crippen LogP contribution is -2.36. The van der Waals surface area contributed by atoms with Gasteiger partial charge in [0.1, 0.15) is 0 Å². The average Bonchev–Trinajstić information content (AvgIpc) is 3.08. The Bertz CT molecular complexity index is 273. The van der Waals surface area contributed by atoms with Crippen LogP contribution < -0.4 is 5.73 Å². The topological polar surface area (TPSA) is 44.9 Å². The maximum absolute atomic E-state index is 5.99. The van der Waals surface area contributed by atoms with Gasteiger partial charge in [-0.15, -0.1) is 0 Å². The summed E-state index contributed by atoms with van der Waals surface area (Å²) < 4.78 is 0. The molecule has 1 saturated heterocycles. The van der Waals surface area contributed by atoms with Gasteiger partial charge in [0, 0.05) is 26.2 Å². The molecule has 0 aromatic carbocycles. The summed E-state index contributed by atoms with van der Waals surface area (Å²) in [5.74, 6) is 1.45. The normalized spacial score (nSPS) is 26.5. The third-order valence-electron chi connectivity index (χ3n) is 3.88. The fourth-order valence-corrected chi connectivity index (χ4v) is 2.56. The molecule has 17 heavy (non-hydrogen) atoms. The number of rotatable bonds is 5. The van der Waals surface area contributed by atoms with E-state index in [1.54, 1.807) is 0 Å². The zero-order valence-corrected chi connectivity index (χ0v) is 11.2. The second-order valence-electron chi connectivity index (χ2n) is 5.50. The van der Waals surface area contributed by atoms with Crippen LogP contribution in [0, 0.1) is 5.92 Å². The van der Waals surface area contributed by atoms with Crippen LogP contribution in [0.25, 0.3) is 0 Å². The minimum Gasteiger partial charge on any atom is -0.370 e. The predicted octanol–water partition coefficient (Wildman–Crippen LogP) is 1.13. The molecule has 0 aromatic rings. The quantitative estimate of drug-likeness (QED) is 0.577. The third-order valence-corrected chi connectivity index (χ3v) is 3.88. The predicted molar refractivity (Wildman–Crippen MR) is 72.1 cm³/mol. The van der Waals surface area contributed by atoms with Crippen molar-refractivity contribution in [3.8, 4) is 0 Å². The van der Waals surface area contributed by atoms with Gasteiger partial charge in [0.25, 0.3) is 0 Å². The number of likely N-dealkylation sites (tertiary alicyclic amines) is 1. The Hall–Kier alpha value is -0.770. The Morgan fingerprint density at radius 1 is 1.41 bits per heavy atom. The van der Waals surface area contributed by atoms with Crippen LogP contribution in [0.4, 0.5) is 0 Å². The van der Waals surface area contributed by atoms with Crippen molar-refractivity contribution in [3.05, 3.63) is 0 Å². The second-order valence-corrected chi connectivity index (χ2v) is 5.50. The fraction of sp³-hybridized carbons (Fsp3) is 0.923. The average molecular weight is 238 g/mol. The van der Waals surface area contributed by atoms with Gasteiger partial charge in [0.2, 0.25) is 0 Å². The maximum Gasteiger partial charge on any atom is 0.191 e. The number of guanidine groups is 1. The van der Waals surface area contributed by atoms with Gasteiger partial charge >= 0.3 is 0 Å². The Labute approximate surface area is 105 Å². The molecular weight excluding hydrogens is 212 g/mol. The highest BCUT2D eigenvalue weighted by Gasteiger charge is 2.27. The Morgan fingerprint density at radius 2 is 2.18 bits per heavy atom. The van der Waals surface area contributed by atoms with Crippen LogP contribution in [-0.2, 0) is 0 Å². The lowest BCUT2D eigenvalue weighted by atomic mass is 10.1. The zero-order chi connectivity index (χ0) is 12.3. The van der Waals surface area contributed by atoms with E-state index in [1.807, 2.05) is 0 Å². The summed E-state index contributed by atoms with van der Waals surface area (Å²) in [5, 5.41) is 0. The summed E-state index contributed by atoms with van der Waals surface area (Å²) in [4.78, 5) is 9.24. The summed E-state index contributed by atoms with van der Waals surface area (Å²) >= 11 is 0. The lowest BCUT2D eigenvalue weighted by molar-refractivity contribution is 0.326. The van der Waals surface area contributed by atoms with Crippen LogP contribution in [0.2, 0.25) is 0 Å². The first-order valence-electron chi connectivity index (χ1n) is 6.95. The summed E-state index contributed by atoms with van der Waals surface area (Å²) in [7, 11) is 2.06. The first-order chi connectivity index (χ1) is 8.20. The van der Waals surface area contributed by atoms with Crippen LogP contribution in [-0.4, -0.2) is 55.0 Å². The molecule has 0 spiro atoms. The van der Waals surface area contributed by atoms with Crippen molar-refractivity contribution in [3.63, 3.8) is 0 Å². The molecular formula is C13H26N4. The lowest BCUT2D eigenvalue weighted by Gasteiger charge is -2.18. The zero-order valence-electron chi connectivity index (χ0n) is 11.2. The fourth-order valence-electron chi connectivity index (χ4n) is 2.56. The second kappa shape index (κ2) is 5.71. The smallest absolute Gasteiger partial charge is 0.191 e. The van der Waals surface area contributed by atoms with E-state index >= 15 is 0 Å². The molecule has 1 heterocycles. The number of hydrogen-bond acceptors (Lipinski definition) is 2. The van der Waals surface area contributed by atoms with Crippen molar-refractivity contribution < 1.29 is 0 Å². The first kappa shape index (κ1) is 12.7. The van der Waals surface area contributed by atoms with Gasteiger partial charge in [-0.25, -0.2) is 0 Å². The van der Waals surface area contributed by atoms with Crippen LogP contribution in [0.1, 0.15) is 32.6 Å². The molecule has 1 aliphatic carbocycles. The molecule has 4 heteroatoms.